The number of nitrogens with one attached hydrogen (secondary N) is 1. The average molecular weight is 252 g/mol. The van der Waals surface area contributed by atoms with Gasteiger partial charge in [0.2, 0.25) is 0 Å². The molecule has 92 valence electrons. The molecule has 0 unspecified atom stereocenters. The molecule has 2 nitrogen and oxygen atoms in total. The summed E-state index contributed by atoms with van der Waals surface area (Å²) in [5, 5.41) is 4.03. The van der Waals surface area contributed by atoms with Crippen LogP contribution in [-0.2, 0) is 10.2 Å². The molecule has 1 heterocycles. The van der Waals surface area contributed by atoms with Crippen molar-refractivity contribution in [3.05, 3.63) is 34.9 Å². The van der Waals surface area contributed by atoms with E-state index in [2.05, 4.69) is 5.32 Å². The predicted octanol–water partition coefficient (Wildman–Crippen LogP) is 2.94. The monoisotopic (exact) mass is 251 g/mol. The van der Waals surface area contributed by atoms with Crippen LogP contribution in [0, 0.1) is 0 Å². The van der Waals surface area contributed by atoms with Gasteiger partial charge in [0.1, 0.15) is 5.78 Å². The molecule has 0 atom stereocenters. The molecule has 1 saturated heterocycles. The number of Topliss-reactive ketones (excluding diaryl/α,β-unsaturated/α-hetero) is 1. The number of rotatable bonds is 3. The van der Waals surface area contributed by atoms with E-state index in [-0.39, 0.29) is 5.41 Å². The van der Waals surface area contributed by atoms with Crippen LogP contribution < -0.4 is 5.32 Å². The summed E-state index contributed by atoms with van der Waals surface area (Å²) in [6.45, 7) is 3.74. The van der Waals surface area contributed by atoms with E-state index in [1.54, 1.807) is 0 Å². The highest BCUT2D eigenvalue weighted by atomic mass is 35.5. The SMILES string of the molecule is CCC(=O)C1(c2cccc(Cl)c2)CCNCC1. The number of hydrogen-bond donors (Lipinski definition) is 1. The minimum Gasteiger partial charge on any atom is -0.317 e. The van der Waals surface area contributed by atoms with Crippen LogP contribution in [0.5, 0.6) is 0 Å². The number of ketones is 1. The second-order valence-electron chi connectivity index (χ2n) is 4.62. The molecule has 1 aromatic carbocycles. The van der Waals surface area contributed by atoms with Crippen LogP contribution in [0.2, 0.25) is 5.02 Å². The second kappa shape index (κ2) is 5.19. The Morgan fingerprint density at radius 1 is 1.41 bits per heavy atom. The van der Waals surface area contributed by atoms with E-state index in [1.807, 2.05) is 31.2 Å². The Balaban J connectivity index is 2.42. The van der Waals surface area contributed by atoms with Crippen molar-refractivity contribution in [2.24, 2.45) is 0 Å². The summed E-state index contributed by atoms with van der Waals surface area (Å²) in [5.41, 5.74) is 0.767. The maximum atomic E-state index is 12.3. The Labute approximate surface area is 107 Å². The molecule has 0 spiro atoms. The van der Waals surface area contributed by atoms with Crippen LogP contribution in [0.1, 0.15) is 31.7 Å². The Hall–Kier alpha value is -0.860. The zero-order valence-corrected chi connectivity index (χ0v) is 10.9. The van der Waals surface area contributed by atoms with Crippen molar-refractivity contribution in [1.29, 1.82) is 0 Å². The maximum Gasteiger partial charge on any atom is 0.143 e. The summed E-state index contributed by atoms with van der Waals surface area (Å²) >= 11 is 6.05. The fraction of sp³-hybridized carbons (Fsp3) is 0.500. The summed E-state index contributed by atoms with van der Waals surface area (Å²) in [6, 6.07) is 7.77. The number of hydrogen-bond acceptors (Lipinski definition) is 2. The van der Waals surface area contributed by atoms with Gasteiger partial charge in [-0.2, -0.15) is 0 Å². The second-order valence-corrected chi connectivity index (χ2v) is 5.06. The van der Waals surface area contributed by atoms with Crippen molar-refractivity contribution >= 4 is 17.4 Å². The van der Waals surface area contributed by atoms with Crippen molar-refractivity contribution in [1.82, 2.24) is 5.32 Å². The lowest BCUT2D eigenvalue weighted by Gasteiger charge is -2.36. The lowest BCUT2D eigenvalue weighted by Crippen LogP contribution is -2.45. The number of halogens is 1. The van der Waals surface area contributed by atoms with Gasteiger partial charge in [-0.15, -0.1) is 0 Å². The maximum absolute atomic E-state index is 12.3. The van der Waals surface area contributed by atoms with Crippen molar-refractivity contribution in [2.45, 2.75) is 31.6 Å². The van der Waals surface area contributed by atoms with Gasteiger partial charge in [0.25, 0.3) is 0 Å². The number of carbonyl (C=O) groups is 1. The molecule has 0 bridgehead atoms. The van der Waals surface area contributed by atoms with E-state index in [0.29, 0.717) is 17.2 Å². The van der Waals surface area contributed by atoms with Gasteiger partial charge in [-0.25, -0.2) is 0 Å². The summed E-state index contributed by atoms with van der Waals surface area (Å²) in [7, 11) is 0. The van der Waals surface area contributed by atoms with E-state index in [1.165, 1.54) is 0 Å². The van der Waals surface area contributed by atoms with Crippen molar-refractivity contribution in [3.63, 3.8) is 0 Å². The van der Waals surface area contributed by atoms with E-state index in [9.17, 15) is 4.79 Å². The van der Waals surface area contributed by atoms with Gasteiger partial charge in [-0.1, -0.05) is 30.7 Å². The van der Waals surface area contributed by atoms with E-state index in [4.69, 9.17) is 11.6 Å². The van der Waals surface area contributed by atoms with Gasteiger partial charge in [0.05, 0.1) is 5.41 Å². The number of carbonyl (C=O) groups excluding carboxylic acids is 1. The van der Waals surface area contributed by atoms with Crippen molar-refractivity contribution in [3.8, 4) is 0 Å². The standard InChI is InChI=1S/C14H18ClNO/c1-2-13(17)14(6-8-16-9-7-14)11-4-3-5-12(15)10-11/h3-5,10,16H,2,6-9H2,1H3. The highest BCUT2D eigenvalue weighted by molar-refractivity contribution is 6.30. The normalized spacial score (nSPS) is 18.9. The fourth-order valence-corrected chi connectivity index (χ4v) is 2.90. The molecule has 0 radical (unpaired) electrons. The minimum atomic E-state index is -0.315. The summed E-state index contributed by atoms with van der Waals surface area (Å²) in [4.78, 5) is 12.3. The smallest absolute Gasteiger partial charge is 0.143 e. The summed E-state index contributed by atoms with van der Waals surface area (Å²) in [6.07, 6.45) is 2.34. The minimum absolute atomic E-state index is 0.315. The van der Waals surface area contributed by atoms with Crippen LogP contribution in [0.15, 0.2) is 24.3 Å². The molecule has 3 heteroatoms. The van der Waals surface area contributed by atoms with Crippen LogP contribution >= 0.6 is 11.6 Å². The average Bonchev–Trinajstić information content (AvgIpc) is 2.38. The zero-order valence-electron chi connectivity index (χ0n) is 10.1. The molecule has 0 aliphatic carbocycles. The van der Waals surface area contributed by atoms with Gasteiger partial charge in [-0.3, -0.25) is 4.79 Å². The Kier molecular flexibility index (Phi) is 3.85. The predicted molar refractivity (Wildman–Crippen MR) is 70.5 cm³/mol. The summed E-state index contributed by atoms with van der Waals surface area (Å²) < 4.78 is 0. The summed E-state index contributed by atoms with van der Waals surface area (Å²) in [5.74, 6) is 0.335. The quantitative estimate of drug-likeness (QED) is 0.895. The molecule has 17 heavy (non-hydrogen) atoms. The topological polar surface area (TPSA) is 29.1 Å². The van der Waals surface area contributed by atoms with Crippen molar-refractivity contribution in [2.75, 3.05) is 13.1 Å². The van der Waals surface area contributed by atoms with Gasteiger partial charge in [0, 0.05) is 11.4 Å². The first kappa shape index (κ1) is 12.6. The van der Waals surface area contributed by atoms with Gasteiger partial charge >= 0.3 is 0 Å². The Morgan fingerprint density at radius 2 is 2.12 bits per heavy atom. The molecule has 1 N–H and O–H groups in total. The molecular formula is C14H18ClNO. The third kappa shape index (κ3) is 2.38. The van der Waals surface area contributed by atoms with E-state index < -0.39 is 0 Å². The molecule has 0 saturated carbocycles. The third-order valence-electron chi connectivity index (χ3n) is 3.69. The highest BCUT2D eigenvalue weighted by Gasteiger charge is 2.39. The first-order valence-electron chi connectivity index (χ1n) is 6.19. The lowest BCUT2D eigenvalue weighted by molar-refractivity contribution is -0.125. The van der Waals surface area contributed by atoms with Crippen LogP contribution in [-0.4, -0.2) is 18.9 Å². The van der Waals surface area contributed by atoms with Crippen LogP contribution in [0.25, 0.3) is 0 Å². The van der Waals surface area contributed by atoms with Crippen LogP contribution in [0.4, 0.5) is 0 Å². The zero-order chi connectivity index (χ0) is 12.3. The molecule has 0 aromatic heterocycles. The molecule has 2 rings (SSSR count). The Bertz CT molecular complexity index is 410. The fourth-order valence-electron chi connectivity index (χ4n) is 2.71. The first-order valence-corrected chi connectivity index (χ1v) is 6.57. The molecule has 1 fully saturated rings. The van der Waals surface area contributed by atoms with Gasteiger partial charge in [-0.05, 0) is 43.6 Å². The van der Waals surface area contributed by atoms with E-state index in [0.717, 1.165) is 31.5 Å². The molecule has 1 aliphatic rings. The molecular weight excluding hydrogens is 234 g/mol. The number of piperidine rings is 1. The largest absolute Gasteiger partial charge is 0.317 e. The lowest BCUT2D eigenvalue weighted by atomic mass is 9.69. The molecule has 0 amide bonds. The first-order chi connectivity index (χ1) is 8.19. The van der Waals surface area contributed by atoms with Gasteiger partial charge < -0.3 is 5.32 Å². The van der Waals surface area contributed by atoms with Crippen molar-refractivity contribution < 1.29 is 4.79 Å². The number of benzene rings is 1. The van der Waals surface area contributed by atoms with E-state index >= 15 is 0 Å². The highest BCUT2D eigenvalue weighted by Crippen LogP contribution is 2.36. The molecule has 1 aliphatic heterocycles. The van der Waals surface area contributed by atoms with Gasteiger partial charge in [0.15, 0.2) is 0 Å². The molecule has 1 aromatic rings. The third-order valence-corrected chi connectivity index (χ3v) is 3.92. The van der Waals surface area contributed by atoms with Crippen LogP contribution in [0.3, 0.4) is 0 Å². The Morgan fingerprint density at radius 3 is 2.71 bits per heavy atom.